The summed E-state index contributed by atoms with van der Waals surface area (Å²) in [4.78, 5) is 11.0. The number of rotatable bonds is 1. The van der Waals surface area contributed by atoms with Crippen molar-refractivity contribution in [2.45, 2.75) is 0 Å². The van der Waals surface area contributed by atoms with E-state index in [0.717, 1.165) is 11.1 Å². The molecule has 0 atom stereocenters. The number of esters is 1. The van der Waals surface area contributed by atoms with Crippen molar-refractivity contribution < 1.29 is 19.4 Å². The molecular weight excluding hydrogens is 196 g/mol. The van der Waals surface area contributed by atoms with E-state index < -0.39 is 5.97 Å². The monoisotopic (exact) mass is 206 g/mol. The minimum absolute atomic E-state index is 0.146. The molecule has 15 heavy (non-hydrogen) atoms. The second-order valence-electron chi connectivity index (χ2n) is 3.16. The number of hydrogen-bond donors (Lipinski definition) is 1. The van der Waals surface area contributed by atoms with Crippen LogP contribution in [0.25, 0.3) is 5.57 Å². The lowest BCUT2D eigenvalue weighted by molar-refractivity contribution is -0.134. The Kier molecular flexibility index (Phi) is 2.33. The van der Waals surface area contributed by atoms with Gasteiger partial charge in [-0.3, -0.25) is 0 Å². The largest absolute Gasteiger partial charge is 0.508 e. The van der Waals surface area contributed by atoms with Gasteiger partial charge in [-0.05, 0) is 12.1 Å². The van der Waals surface area contributed by atoms with Crippen LogP contribution in [0.4, 0.5) is 0 Å². The molecule has 0 saturated carbocycles. The van der Waals surface area contributed by atoms with Gasteiger partial charge in [-0.1, -0.05) is 0 Å². The fourth-order valence-corrected chi connectivity index (χ4v) is 1.45. The van der Waals surface area contributed by atoms with Crippen LogP contribution in [0, 0.1) is 0 Å². The summed E-state index contributed by atoms with van der Waals surface area (Å²) in [5.41, 5.74) is 1.58. The van der Waals surface area contributed by atoms with Crippen LogP contribution >= 0.6 is 0 Å². The smallest absolute Gasteiger partial charge is 0.330 e. The highest BCUT2D eigenvalue weighted by molar-refractivity contribution is 5.93. The molecule has 0 saturated heterocycles. The minimum atomic E-state index is -0.408. The van der Waals surface area contributed by atoms with Gasteiger partial charge in [-0.2, -0.15) is 0 Å². The van der Waals surface area contributed by atoms with Crippen LogP contribution in [0.1, 0.15) is 5.56 Å². The summed E-state index contributed by atoms with van der Waals surface area (Å²) < 4.78 is 9.83. The Hall–Kier alpha value is -1.97. The molecule has 1 aliphatic rings. The Balaban J connectivity index is 2.37. The highest BCUT2D eigenvalue weighted by Gasteiger charge is 2.18. The van der Waals surface area contributed by atoms with Crippen molar-refractivity contribution in [2.75, 3.05) is 13.7 Å². The fourth-order valence-electron chi connectivity index (χ4n) is 1.45. The number of ether oxygens (including phenoxy) is 2. The van der Waals surface area contributed by atoms with E-state index in [1.54, 1.807) is 12.1 Å². The maximum atomic E-state index is 11.0. The van der Waals surface area contributed by atoms with Crippen molar-refractivity contribution in [1.82, 2.24) is 0 Å². The molecule has 0 aromatic heterocycles. The van der Waals surface area contributed by atoms with Gasteiger partial charge in [-0.15, -0.1) is 0 Å². The number of benzene rings is 1. The lowest BCUT2D eigenvalue weighted by atomic mass is 10.1. The van der Waals surface area contributed by atoms with Crippen molar-refractivity contribution >= 4 is 11.5 Å². The lowest BCUT2D eigenvalue weighted by Gasteiger charge is -1.98. The first-order valence-electron chi connectivity index (χ1n) is 4.45. The summed E-state index contributed by atoms with van der Waals surface area (Å²) in [7, 11) is 1.33. The molecular formula is C11H10O4. The van der Waals surface area contributed by atoms with Gasteiger partial charge < -0.3 is 14.6 Å². The predicted octanol–water partition coefficient (Wildman–Crippen LogP) is 1.34. The zero-order chi connectivity index (χ0) is 10.8. The Morgan fingerprint density at radius 2 is 2.40 bits per heavy atom. The normalized spacial score (nSPS) is 15.9. The van der Waals surface area contributed by atoms with Gasteiger partial charge in [0.05, 0.1) is 7.11 Å². The van der Waals surface area contributed by atoms with Crippen molar-refractivity contribution in [3.05, 3.63) is 29.8 Å². The van der Waals surface area contributed by atoms with E-state index >= 15 is 0 Å². The fraction of sp³-hybridized carbons (Fsp3) is 0.182. The summed E-state index contributed by atoms with van der Waals surface area (Å²) in [6.45, 7) is 0.327. The summed E-state index contributed by atoms with van der Waals surface area (Å²) >= 11 is 0. The highest BCUT2D eigenvalue weighted by atomic mass is 16.5. The van der Waals surface area contributed by atoms with Crippen LogP contribution < -0.4 is 4.74 Å². The molecule has 0 spiro atoms. The average Bonchev–Trinajstić information content (AvgIpc) is 2.60. The molecule has 0 unspecified atom stereocenters. The zero-order valence-electron chi connectivity index (χ0n) is 8.19. The topological polar surface area (TPSA) is 55.8 Å². The second-order valence-corrected chi connectivity index (χ2v) is 3.16. The molecule has 4 nitrogen and oxygen atoms in total. The Morgan fingerprint density at radius 1 is 1.60 bits per heavy atom. The van der Waals surface area contributed by atoms with Crippen LogP contribution in [-0.4, -0.2) is 24.8 Å². The van der Waals surface area contributed by atoms with Crippen molar-refractivity contribution in [3.8, 4) is 11.5 Å². The molecule has 1 aromatic carbocycles. The summed E-state index contributed by atoms with van der Waals surface area (Å²) in [5, 5.41) is 9.22. The summed E-state index contributed by atoms with van der Waals surface area (Å²) in [6.07, 6.45) is 1.39. The second kappa shape index (κ2) is 3.65. The molecule has 1 heterocycles. The van der Waals surface area contributed by atoms with Crippen molar-refractivity contribution in [1.29, 1.82) is 0 Å². The minimum Gasteiger partial charge on any atom is -0.508 e. The van der Waals surface area contributed by atoms with E-state index in [9.17, 15) is 9.90 Å². The molecule has 1 aliphatic heterocycles. The zero-order valence-corrected chi connectivity index (χ0v) is 8.19. The maximum Gasteiger partial charge on any atom is 0.330 e. The predicted molar refractivity (Wildman–Crippen MR) is 53.6 cm³/mol. The first kappa shape index (κ1) is 9.58. The first-order chi connectivity index (χ1) is 7.20. The van der Waals surface area contributed by atoms with Gasteiger partial charge in [0, 0.05) is 23.3 Å². The van der Waals surface area contributed by atoms with Crippen LogP contribution in [0.5, 0.6) is 11.5 Å². The first-order valence-corrected chi connectivity index (χ1v) is 4.45. The lowest BCUT2D eigenvalue weighted by Crippen LogP contribution is -1.97. The molecule has 4 heteroatoms. The third-order valence-electron chi connectivity index (χ3n) is 2.19. The molecule has 0 amide bonds. The van der Waals surface area contributed by atoms with Crippen LogP contribution in [0.3, 0.4) is 0 Å². The average molecular weight is 206 g/mol. The molecule has 78 valence electrons. The third-order valence-corrected chi connectivity index (χ3v) is 2.19. The molecule has 0 aliphatic carbocycles. The standard InChI is InChI=1S/C11H10O4/c1-14-11(13)4-7-6-15-10-5-8(12)2-3-9(7)10/h2-5,12H,6H2,1H3/b7-4+. The van der Waals surface area contributed by atoms with E-state index in [0.29, 0.717) is 12.4 Å². The van der Waals surface area contributed by atoms with Gasteiger partial charge in [0.1, 0.15) is 18.1 Å². The SMILES string of the molecule is COC(=O)/C=C1\COc2cc(O)ccc21. The van der Waals surface area contributed by atoms with Crippen LogP contribution in [-0.2, 0) is 9.53 Å². The van der Waals surface area contributed by atoms with E-state index in [4.69, 9.17) is 4.74 Å². The third kappa shape index (κ3) is 1.79. The van der Waals surface area contributed by atoms with Crippen molar-refractivity contribution in [2.24, 2.45) is 0 Å². The number of methoxy groups -OCH3 is 1. The van der Waals surface area contributed by atoms with Gasteiger partial charge >= 0.3 is 5.97 Å². The van der Waals surface area contributed by atoms with Crippen LogP contribution in [0.2, 0.25) is 0 Å². The highest BCUT2D eigenvalue weighted by Crippen LogP contribution is 2.35. The summed E-state index contributed by atoms with van der Waals surface area (Å²) in [6, 6.07) is 4.79. The van der Waals surface area contributed by atoms with E-state index in [1.165, 1.54) is 19.3 Å². The summed E-state index contributed by atoms with van der Waals surface area (Å²) in [5.74, 6) is 0.327. The van der Waals surface area contributed by atoms with Gasteiger partial charge in [0.2, 0.25) is 0 Å². The number of hydrogen-bond acceptors (Lipinski definition) is 4. The van der Waals surface area contributed by atoms with Crippen LogP contribution in [0.15, 0.2) is 24.3 Å². The number of carbonyl (C=O) groups is 1. The van der Waals surface area contributed by atoms with E-state index in [1.807, 2.05) is 0 Å². The quantitative estimate of drug-likeness (QED) is 0.556. The molecule has 2 rings (SSSR count). The van der Waals surface area contributed by atoms with Crippen molar-refractivity contribution in [3.63, 3.8) is 0 Å². The molecule has 0 fully saturated rings. The number of aromatic hydroxyl groups is 1. The molecule has 0 radical (unpaired) electrons. The number of phenols is 1. The van der Waals surface area contributed by atoms with Gasteiger partial charge in [0.15, 0.2) is 0 Å². The molecule has 1 N–H and O–H groups in total. The Morgan fingerprint density at radius 3 is 3.13 bits per heavy atom. The van der Waals surface area contributed by atoms with E-state index in [2.05, 4.69) is 4.74 Å². The Bertz CT molecular complexity index is 434. The number of phenolic OH excluding ortho intramolecular Hbond substituents is 1. The molecule has 1 aromatic rings. The number of fused-ring (bicyclic) bond motifs is 1. The Labute approximate surface area is 86.7 Å². The molecule has 0 bridgehead atoms. The van der Waals surface area contributed by atoms with Gasteiger partial charge in [-0.25, -0.2) is 4.79 Å². The van der Waals surface area contributed by atoms with E-state index in [-0.39, 0.29) is 5.75 Å². The van der Waals surface area contributed by atoms with Gasteiger partial charge in [0.25, 0.3) is 0 Å². The number of carbonyl (C=O) groups excluding carboxylic acids is 1. The maximum absolute atomic E-state index is 11.0.